The lowest BCUT2D eigenvalue weighted by atomic mass is 10.1. The van der Waals surface area contributed by atoms with Gasteiger partial charge in [0.2, 0.25) is 5.90 Å². The number of nitrogens with one attached hydrogen (secondary N) is 2. The third-order valence-corrected chi connectivity index (χ3v) is 2.91. The average Bonchev–Trinajstić information content (AvgIpc) is 2.24. The molecule has 20 heavy (non-hydrogen) atoms. The van der Waals surface area contributed by atoms with Gasteiger partial charge in [-0.3, -0.25) is 5.41 Å². The van der Waals surface area contributed by atoms with Gasteiger partial charge in [-0.1, -0.05) is 13.8 Å². The minimum atomic E-state index is -0.560. The summed E-state index contributed by atoms with van der Waals surface area (Å²) in [5.41, 5.74) is -0.560. The fraction of sp³-hybridized carbons (Fsp3) is 0.857. The minimum Gasteiger partial charge on any atom is -0.444 e. The highest BCUT2D eigenvalue weighted by Gasteiger charge is 2.22. The number of carbonyl (C=O) groups excluding carboxylic acids is 1. The van der Waals surface area contributed by atoms with E-state index in [0.29, 0.717) is 5.92 Å². The first kappa shape index (κ1) is 18.7. The molecule has 0 bridgehead atoms. The summed E-state index contributed by atoms with van der Waals surface area (Å²) < 4.78 is 5.13. The van der Waals surface area contributed by atoms with Gasteiger partial charge in [-0.25, -0.2) is 4.79 Å². The van der Waals surface area contributed by atoms with Crippen LogP contribution in [0.2, 0.25) is 0 Å². The molecule has 1 amide bonds. The molecule has 0 aromatic carbocycles. The Balaban J connectivity index is 4.32. The second-order valence-electron chi connectivity index (χ2n) is 6.35. The van der Waals surface area contributed by atoms with Crippen molar-refractivity contribution in [2.24, 2.45) is 5.92 Å². The first-order chi connectivity index (χ1) is 8.94. The SMILES string of the molecule is CC(C)C(C)N(C)OC(=N)[C@H](C)NC(=O)OC(C)(C)C. The summed E-state index contributed by atoms with van der Waals surface area (Å²) in [6.07, 6.45) is -0.557. The molecule has 0 saturated carbocycles. The van der Waals surface area contributed by atoms with E-state index in [-0.39, 0.29) is 11.9 Å². The van der Waals surface area contributed by atoms with Crippen LogP contribution in [0.15, 0.2) is 0 Å². The Morgan fingerprint density at radius 1 is 1.20 bits per heavy atom. The molecule has 6 heteroatoms. The zero-order valence-corrected chi connectivity index (χ0v) is 13.9. The zero-order chi connectivity index (χ0) is 16.1. The van der Waals surface area contributed by atoms with Crippen LogP contribution in [0, 0.1) is 11.3 Å². The third kappa shape index (κ3) is 7.33. The van der Waals surface area contributed by atoms with Crippen molar-refractivity contribution in [2.75, 3.05) is 7.05 Å². The lowest BCUT2D eigenvalue weighted by molar-refractivity contribution is -0.0963. The normalized spacial score (nSPS) is 14.9. The maximum absolute atomic E-state index is 11.6. The first-order valence-electron chi connectivity index (χ1n) is 6.92. The summed E-state index contributed by atoms with van der Waals surface area (Å²) in [5, 5.41) is 12.0. The molecule has 6 nitrogen and oxygen atoms in total. The van der Waals surface area contributed by atoms with Crippen LogP contribution in [0.4, 0.5) is 4.79 Å². The minimum absolute atomic E-state index is 0.0224. The monoisotopic (exact) mass is 287 g/mol. The van der Waals surface area contributed by atoms with E-state index < -0.39 is 17.7 Å². The molecule has 0 rings (SSSR count). The molecular formula is C14H29N3O3. The molecule has 2 atom stereocenters. The lowest BCUT2D eigenvalue weighted by Crippen LogP contribution is -2.45. The molecule has 1 unspecified atom stereocenters. The Bertz CT molecular complexity index is 337. The van der Waals surface area contributed by atoms with Crippen molar-refractivity contribution in [2.45, 2.75) is 66.2 Å². The van der Waals surface area contributed by atoms with Gasteiger partial charge in [0.1, 0.15) is 11.6 Å². The number of ether oxygens (including phenoxy) is 1. The van der Waals surface area contributed by atoms with Crippen LogP contribution in [0.25, 0.3) is 0 Å². The predicted octanol–water partition coefficient (Wildman–Crippen LogP) is 2.78. The molecule has 0 aliphatic carbocycles. The van der Waals surface area contributed by atoms with Crippen LogP contribution in [0.5, 0.6) is 0 Å². The molecule has 0 spiro atoms. The summed E-state index contributed by atoms with van der Waals surface area (Å²) in [6.45, 7) is 13.2. The lowest BCUT2D eigenvalue weighted by Gasteiger charge is -2.29. The van der Waals surface area contributed by atoms with Crippen LogP contribution in [0.1, 0.15) is 48.5 Å². The molecule has 2 N–H and O–H groups in total. The van der Waals surface area contributed by atoms with E-state index in [4.69, 9.17) is 15.0 Å². The number of hydroxylamine groups is 2. The highest BCUT2D eigenvalue weighted by atomic mass is 16.7. The van der Waals surface area contributed by atoms with Gasteiger partial charge >= 0.3 is 6.09 Å². The van der Waals surface area contributed by atoms with Gasteiger partial charge in [0.05, 0.1) is 0 Å². The highest BCUT2D eigenvalue weighted by Crippen LogP contribution is 2.10. The second kappa shape index (κ2) is 7.47. The van der Waals surface area contributed by atoms with E-state index >= 15 is 0 Å². The van der Waals surface area contributed by atoms with Gasteiger partial charge < -0.3 is 14.9 Å². The standard InChI is InChI=1S/C14H29N3O3/c1-9(2)11(4)17(8)20-12(15)10(3)16-13(18)19-14(5,6)7/h9-11,15H,1-8H3,(H,16,18)/t10-,11?/m0/s1. The Kier molecular flexibility index (Phi) is 6.99. The van der Waals surface area contributed by atoms with E-state index in [1.165, 1.54) is 0 Å². The van der Waals surface area contributed by atoms with Gasteiger partial charge in [-0.05, 0) is 40.5 Å². The topological polar surface area (TPSA) is 74.7 Å². The molecule has 0 aliphatic heterocycles. The van der Waals surface area contributed by atoms with E-state index in [1.54, 1.807) is 39.8 Å². The number of rotatable bonds is 5. The molecule has 0 fully saturated rings. The van der Waals surface area contributed by atoms with Gasteiger partial charge in [0.25, 0.3) is 0 Å². The zero-order valence-electron chi connectivity index (χ0n) is 13.9. The fourth-order valence-electron chi connectivity index (χ4n) is 1.29. The predicted molar refractivity (Wildman–Crippen MR) is 79.7 cm³/mol. The van der Waals surface area contributed by atoms with Crippen molar-refractivity contribution in [3.05, 3.63) is 0 Å². The van der Waals surface area contributed by atoms with Crippen molar-refractivity contribution >= 4 is 12.0 Å². The van der Waals surface area contributed by atoms with Crippen LogP contribution in [0.3, 0.4) is 0 Å². The molecule has 0 aromatic heterocycles. The van der Waals surface area contributed by atoms with Crippen molar-refractivity contribution in [3.8, 4) is 0 Å². The first-order valence-corrected chi connectivity index (χ1v) is 6.92. The van der Waals surface area contributed by atoms with Gasteiger partial charge in [0, 0.05) is 13.1 Å². The van der Waals surface area contributed by atoms with Crippen molar-refractivity contribution in [1.82, 2.24) is 10.4 Å². The molecule has 118 valence electrons. The van der Waals surface area contributed by atoms with Crippen LogP contribution in [-0.2, 0) is 9.57 Å². The van der Waals surface area contributed by atoms with Gasteiger partial charge in [0.15, 0.2) is 0 Å². The highest BCUT2D eigenvalue weighted by molar-refractivity contribution is 5.82. The average molecular weight is 287 g/mol. The third-order valence-electron chi connectivity index (χ3n) is 2.91. The summed E-state index contributed by atoms with van der Waals surface area (Å²) in [5.74, 6) is 0.382. The van der Waals surface area contributed by atoms with Gasteiger partial charge in [-0.2, -0.15) is 0 Å². The van der Waals surface area contributed by atoms with Crippen LogP contribution in [-0.4, -0.2) is 41.8 Å². The molecule has 0 saturated heterocycles. The number of carbonyl (C=O) groups is 1. The molecular weight excluding hydrogens is 258 g/mol. The second-order valence-corrected chi connectivity index (χ2v) is 6.35. The van der Waals surface area contributed by atoms with E-state index in [1.807, 2.05) is 6.92 Å². The Labute approximate surface area is 122 Å². The maximum atomic E-state index is 11.6. The number of hydrogen-bond donors (Lipinski definition) is 2. The Morgan fingerprint density at radius 3 is 2.10 bits per heavy atom. The smallest absolute Gasteiger partial charge is 0.408 e. The van der Waals surface area contributed by atoms with E-state index in [9.17, 15) is 4.79 Å². The van der Waals surface area contributed by atoms with E-state index in [0.717, 1.165) is 0 Å². The molecule has 0 aliphatic rings. The van der Waals surface area contributed by atoms with Crippen molar-refractivity contribution in [1.29, 1.82) is 5.41 Å². The molecule has 0 radical (unpaired) electrons. The number of hydrogen-bond acceptors (Lipinski definition) is 5. The largest absolute Gasteiger partial charge is 0.444 e. The molecule has 0 heterocycles. The van der Waals surface area contributed by atoms with Crippen molar-refractivity contribution < 1.29 is 14.4 Å². The summed E-state index contributed by atoms with van der Waals surface area (Å²) >= 11 is 0. The maximum Gasteiger partial charge on any atom is 0.408 e. The number of amides is 1. The summed E-state index contributed by atoms with van der Waals surface area (Å²) in [7, 11) is 1.78. The Hall–Kier alpha value is -1.30. The van der Waals surface area contributed by atoms with Crippen LogP contribution >= 0.6 is 0 Å². The van der Waals surface area contributed by atoms with Crippen LogP contribution < -0.4 is 5.32 Å². The molecule has 0 aromatic rings. The summed E-state index contributed by atoms with van der Waals surface area (Å²) in [6, 6.07) is -0.379. The number of alkyl carbamates (subject to hydrolysis) is 1. The fourth-order valence-corrected chi connectivity index (χ4v) is 1.29. The Morgan fingerprint density at radius 2 is 1.70 bits per heavy atom. The van der Waals surface area contributed by atoms with Crippen molar-refractivity contribution in [3.63, 3.8) is 0 Å². The quantitative estimate of drug-likeness (QED) is 0.463. The number of nitrogens with zero attached hydrogens (tertiary/aromatic N) is 1. The van der Waals surface area contributed by atoms with Gasteiger partial charge in [-0.15, -0.1) is 5.06 Å². The summed E-state index contributed by atoms with van der Waals surface area (Å²) in [4.78, 5) is 17.0. The van der Waals surface area contributed by atoms with E-state index in [2.05, 4.69) is 19.2 Å².